The number of nitrogens with two attached hydrogens (primary N) is 1. The number of hydrogen-bond acceptors (Lipinski definition) is 4. The van der Waals surface area contributed by atoms with E-state index in [1.807, 2.05) is 18.2 Å². The Morgan fingerprint density at radius 3 is 2.76 bits per heavy atom. The molecular formula is C12H14N4O. The maximum atomic E-state index is 11.1. The number of aromatic nitrogens is 2. The van der Waals surface area contributed by atoms with Crippen LogP contribution >= 0.6 is 0 Å². The third-order valence-electron chi connectivity index (χ3n) is 2.31. The van der Waals surface area contributed by atoms with Gasteiger partial charge in [0.15, 0.2) is 0 Å². The largest absolute Gasteiger partial charge is 0.383 e. The van der Waals surface area contributed by atoms with E-state index in [1.54, 1.807) is 0 Å². The molecule has 2 rings (SSSR count). The predicted molar refractivity (Wildman–Crippen MR) is 67.9 cm³/mol. The molecule has 0 atom stereocenters. The van der Waals surface area contributed by atoms with E-state index >= 15 is 0 Å². The normalized spacial score (nSPS) is 10.1. The van der Waals surface area contributed by atoms with E-state index in [1.165, 1.54) is 11.6 Å². The number of nitrogens with zero attached hydrogens (tertiary/aromatic N) is 1. The molecule has 0 unspecified atom stereocenters. The topological polar surface area (TPSA) is 83.8 Å². The Hall–Kier alpha value is -2.30. The zero-order chi connectivity index (χ0) is 12.1. The average molecular weight is 230 g/mol. The first-order valence-electron chi connectivity index (χ1n) is 5.39. The van der Waals surface area contributed by atoms with Crippen LogP contribution in [0.15, 0.2) is 41.2 Å². The highest BCUT2D eigenvalue weighted by Crippen LogP contribution is 2.01. The summed E-state index contributed by atoms with van der Waals surface area (Å²) < 4.78 is 0. The summed E-state index contributed by atoms with van der Waals surface area (Å²) in [6, 6.07) is 11.3. The highest BCUT2D eigenvalue weighted by molar-refractivity contribution is 5.35. The lowest BCUT2D eigenvalue weighted by atomic mass is 10.1. The van der Waals surface area contributed by atoms with E-state index in [9.17, 15) is 4.79 Å². The minimum atomic E-state index is -0.250. The fourth-order valence-corrected chi connectivity index (χ4v) is 1.53. The molecule has 0 saturated heterocycles. The van der Waals surface area contributed by atoms with Crippen molar-refractivity contribution in [3.8, 4) is 0 Å². The average Bonchev–Trinajstić information content (AvgIpc) is 2.29. The molecule has 1 heterocycles. The second kappa shape index (κ2) is 5.16. The quantitative estimate of drug-likeness (QED) is 0.731. The molecule has 4 N–H and O–H groups in total. The summed E-state index contributed by atoms with van der Waals surface area (Å²) >= 11 is 0. The molecule has 2 aromatic rings. The van der Waals surface area contributed by atoms with Crippen LogP contribution in [-0.4, -0.2) is 16.5 Å². The van der Waals surface area contributed by atoms with E-state index in [2.05, 4.69) is 27.4 Å². The molecule has 0 saturated carbocycles. The molecule has 0 bridgehead atoms. The van der Waals surface area contributed by atoms with Gasteiger partial charge in [0.1, 0.15) is 5.82 Å². The van der Waals surface area contributed by atoms with Gasteiger partial charge in [0.2, 0.25) is 5.95 Å². The van der Waals surface area contributed by atoms with Crippen LogP contribution in [-0.2, 0) is 6.42 Å². The van der Waals surface area contributed by atoms with Crippen LogP contribution in [0.3, 0.4) is 0 Å². The second-order valence-corrected chi connectivity index (χ2v) is 3.68. The first kappa shape index (κ1) is 11.2. The summed E-state index contributed by atoms with van der Waals surface area (Å²) in [6.07, 6.45) is 0.860. The lowest BCUT2D eigenvalue weighted by Crippen LogP contribution is -2.15. The summed E-state index contributed by atoms with van der Waals surface area (Å²) in [6.45, 7) is 0.691. The first-order chi connectivity index (χ1) is 8.24. The monoisotopic (exact) mass is 230 g/mol. The highest BCUT2D eigenvalue weighted by atomic mass is 16.1. The van der Waals surface area contributed by atoms with Crippen molar-refractivity contribution in [3.63, 3.8) is 0 Å². The number of rotatable bonds is 4. The summed E-state index contributed by atoms with van der Waals surface area (Å²) in [5.74, 6) is 0.627. The Labute approximate surface area is 98.7 Å². The number of nitrogen functional groups attached to an aromatic ring is 1. The lowest BCUT2D eigenvalue weighted by molar-refractivity contribution is 0.978. The molecule has 0 aliphatic heterocycles. The molecule has 5 heteroatoms. The van der Waals surface area contributed by atoms with Crippen LogP contribution in [0.4, 0.5) is 11.8 Å². The Bertz CT molecular complexity index is 536. The standard InChI is InChI=1S/C12H14N4O/c13-10-8-11(17)16-12(15-10)14-7-6-9-4-2-1-3-5-9/h1-5,8H,6-7H2,(H4,13,14,15,16,17). The maximum Gasteiger partial charge on any atom is 0.254 e. The molecule has 0 spiro atoms. The molecule has 0 aliphatic rings. The van der Waals surface area contributed by atoms with Crippen molar-refractivity contribution >= 4 is 11.8 Å². The Morgan fingerprint density at radius 1 is 1.29 bits per heavy atom. The fourth-order valence-electron chi connectivity index (χ4n) is 1.53. The SMILES string of the molecule is Nc1cc(=O)[nH]c(NCCc2ccccc2)n1. The predicted octanol–water partition coefficient (Wildman–Crippen LogP) is 1.01. The maximum absolute atomic E-state index is 11.1. The fraction of sp³-hybridized carbons (Fsp3) is 0.167. The van der Waals surface area contributed by atoms with Gasteiger partial charge in [0.25, 0.3) is 5.56 Å². The molecule has 0 fully saturated rings. The highest BCUT2D eigenvalue weighted by Gasteiger charge is 1.97. The van der Waals surface area contributed by atoms with Crippen LogP contribution in [0.5, 0.6) is 0 Å². The van der Waals surface area contributed by atoms with Gasteiger partial charge in [-0.2, -0.15) is 4.98 Å². The van der Waals surface area contributed by atoms with Crippen LogP contribution in [0.1, 0.15) is 5.56 Å². The number of nitrogens with one attached hydrogen (secondary N) is 2. The zero-order valence-electron chi connectivity index (χ0n) is 9.31. The van der Waals surface area contributed by atoms with Gasteiger partial charge in [0, 0.05) is 12.6 Å². The summed E-state index contributed by atoms with van der Waals surface area (Å²) in [4.78, 5) is 17.7. The van der Waals surface area contributed by atoms with Crippen molar-refractivity contribution in [2.45, 2.75) is 6.42 Å². The third kappa shape index (κ3) is 3.34. The lowest BCUT2D eigenvalue weighted by Gasteiger charge is -2.05. The van der Waals surface area contributed by atoms with Crippen molar-refractivity contribution in [2.75, 3.05) is 17.6 Å². The van der Waals surface area contributed by atoms with Gasteiger partial charge in [-0.15, -0.1) is 0 Å². The molecule has 1 aromatic carbocycles. The van der Waals surface area contributed by atoms with Gasteiger partial charge < -0.3 is 11.1 Å². The van der Waals surface area contributed by atoms with Gasteiger partial charge in [-0.25, -0.2) is 0 Å². The summed E-state index contributed by atoms with van der Waals surface area (Å²) in [7, 11) is 0. The molecule has 0 radical (unpaired) electrons. The molecular weight excluding hydrogens is 216 g/mol. The minimum Gasteiger partial charge on any atom is -0.383 e. The molecule has 5 nitrogen and oxygen atoms in total. The molecule has 17 heavy (non-hydrogen) atoms. The van der Waals surface area contributed by atoms with Gasteiger partial charge in [-0.05, 0) is 12.0 Å². The van der Waals surface area contributed by atoms with Gasteiger partial charge >= 0.3 is 0 Å². The van der Waals surface area contributed by atoms with E-state index in [4.69, 9.17) is 5.73 Å². The molecule has 0 amide bonds. The Morgan fingerprint density at radius 2 is 2.06 bits per heavy atom. The first-order valence-corrected chi connectivity index (χ1v) is 5.39. The minimum absolute atomic E-state index is 0.218. The third-order valence-corrected chi connectivity index (χ3v) is 2.31. The molecule has 0 aliphatic carbocycles. The number of anilines is 2. The summed E-state index contributed by atoms with van der Waals surface area (Å²) in [5.41, 5.74) is 6.45. The van der Waals surface area contributed by atoms with Crippen molar-refractivity contribution in [1.82, 2.24) is 9.97 Å². The van der Waals surface area contributed by atoms with Crippen LogP contribution in [0.2, 0.25) is 0 Å². The Balaban J connectivity index is 1.92. The van der Waals surface area contributed by atoms with Crippen LogP contribution in [0, 0.1) is 0 Å². The van der Waals surface area contributed by atoms with E-state index < -0.39 is 0 Å². The number of hydrogen-bond donors (Lipinski definition) is 3. The van der Waals surface area contributed by atoms with Crippen molar-refractivity contribution in [2.24, 2.45) is 0 Å². The zero-order valence-corrected chi connectivity index (χ0v) is 9.31. The van der Waals surface area contributed by atoms with Gasteiger partial charge in [-0.3, -0.25) is 9.78 Å². The summed E-state index contributed by atoms with van der Waals surface area (Å²) in [5, 5.41) is 3.03. The van der Waals surface area contributed by atoms with Crippen molar-refractivity contribution in [3.05, 3.63) is 52.3 Å². The number of H-pyrrole nitrogens is 1. The van der Waals surface area contributed by atoms with E-state index in [0.717, 1.165) is 6.42 Å². The van der Waals surface area contributed by atoms with Crippen molar-refractivity contribution < 1.29 is 0 Å². The van der Waals surface area contributed by atoms with E-state index in [0.29, 0.717) is 12.5 Å². The Kier molecular flexibility index (Phi) is 3.40. The van der Waals surface area contributed by atoms with Crippen LogP contribution in [0.25, 0.3) is 0 Å². The molecule has 88 valence electrons. The number of benzene rings is 1. The van der Waals surface area contributed by atoms with Gasteiger partial charge in [-0.1, -0.05) is 30.3 Å². The van der Waals surface area contributed by atoms with E-state index in [-0.39, 0.29) is 11.4 Å². The second-order valence-electron chi connectivity index (χ2n) is 3.68. The van der Waals surface area contributed by atoms with Crippen molar-refractivity contribution in [1.29, 1.82) is 0 Å². The molecule has 1 aromatic heterocycles. The smallest absolute Gasteiger partial charge is 0.254 e. The number of aromatic amines is 1. The van der Waals surface area contributed by atoms with Crippen LogP contribution < -0.4 is 16.6 Å². The van der Waals surface area contributed by atoms with Gasteiger partial charge in [0.05, 0.1) is 0 Å².